The molecule has 2 saturated heterocycles. The van der Waals surface area contributed by atoms with Gasteiger partial charge >= 0.3 is 0 Å². The highest BCUT2D eigenvalue weighted by Gasteiger charge is 2.24. The maximum Gasteiger partial charge on any atom is 0.269 e. The number of morpholine rings is 1. The van der Waals surface area contributed by atoms with Crippen LogP contribution in [0.25, 0.3) is 0 Å². The van der Waals surface area contributed by atoms with Crippen LogP contribution in [0.2, 0.25) is 5.02 Å². The van der Waals surface area contributed by atoms with Crippen LogP contribution >= 0.6 is 11.6 Å². The zero-order valence-corrected chi connectivity index (χ0v) is 17.5. The Morgan fingerprint density at radius 2 is 2.07 bits per heavy atom. The van der Waals surface area contributed by atoms with E-state index in [0.29, 0.717) is 24.0 Å². The van der Waals surface area contributed by atoms with Gasteiger partial charge in [-0.2, -0.15) is 5.10 Å². The van der Waals surface area contributed by atoms with Gasteiger partial charge in [0.15, 0.2) is 0 Å². The van der Waals surface area contributed by atoms with Crippen LogP contribution in [0.3, 0.4) is 0 Å². The number of piperidine rings is 1. The summed E-state index contributed by atoms with van der Waals surface area (Å²) in [4.78, 5) is 17.3. The van der Waals surface area contributed by atoms with Gasteiger partial charge in [0.2, 0.25) is 0 Å². The van der Waals surface area contributed by atoms with Crippen molar-refractivity contribution in [1.29, 1.82) is 0 Å². The molecule has 0 saturated carbocycles. The molecule has 3 heterocycles. The molecule has 29 heavy (non-hydrogen) atoms. The molecule has 2 aliphatic heterocycles. The predicted molar refractivity (Wildman–Crippen MR) is 113 cm³/mol. The summed E-state index contributed by atoms with van der Waals surface area (Å²) in [5.74, 6) is 0.683. The summed E-state index contributed by atoms with van der Waals surface area (Å²) in [6, 6.07) is 7.68. The van der Waals surface area contributed by atoms with Crippen molar-refractivity contribution in [3.63, 3.8) is 0 Å². The number of halogens is 1. The lowest BCUT2D eigenvalue weighted by Crippen LogP contribution is -2.41. The van der Waals surface area contributed by atoms with E-state index in [1.165, 1.54) is 0 Å². The van der Waals surface area contributed by atoms with Crippen LogP contribution in [0.1, 0.15) is 24.4 Å². The van der Waals surface area contributed by atoms with Crippen LogP contribution in [0.15, 0.2) is 35.3 Å². The van der Waals surface area contributed by atoms with E-state index < -0.39 is 0 Å². The molecule has 2 fully saturated rings. The van der Waals surface area contributed by atoms with Crippen molar-refractivity contribution in [3.05, 3.63) is 51.4 Å². The third kappa shape index (κ3) is 4.74. The monoisotopic (exact) mass is 418 g/mol. The first-order chi connectivity index (χ1) is 14.1. The summed E-state index contributed by atoms with van der Waals surface area (Å²) in [6.07, 6.45) is 3.81. The normalized spacial score (nSPS) is 20.6. The van der Waals surface area contributed by atoms with Gasteiger partial charge in [0.1, 0.15) is 5.75 Å². The lowest BCUT2D eigenvalue weighted by molar-refractivity contribution is 0.122. The topological polar surface area (TPSA) is 59.8 Å². The molecule has 0 spiro atoms. The first-order valence-electron chi connectivity index (χ1n) is 10.1. The summed E-state index contributed by atoms with van der Waals surface area (Å²) in [5, 5.41) is 5.13. The van der Waals surface area contributed by atoms with E-state index in [4.69, 9.17) is 21.1 Å². The van der Waals surface area contributed by atoms with Crippen molar-refractivity contribution in [2.75, 3.05) is 51.4 Å². The molecule has 1 atom stereocenters. The third-order valence-corrected chi connectivity index (χ3v) is 5.93. The summed E-state index contributed by atoms with van der Waals surface area (Å²) < 4.78 is 12.3. The molecule has 0 amide bonds. The van der Waals surface area contributed by atoms with Crippen LogP contribution < -0.4 is 15.2 Å². The first kappa shape index (κ1) is 20.2. The quantitative estimate of drug-likeness (QED) is 0.743. The van der Waals surface area contributed by atoms with E-state index in [0.717, 1.165) is 56.8 Å². The van der Waals surface area contributed by atoms with Crippen LogP contribution in [-0.2, 0) is 11.3 Å². The fourth-order valence-electron chi connectivity index (χ4n) is 4.12. The fourth-order valence-corrected chi connectivity index (χ4v) is 4.40. The Balaban J connectivity index is 1.44. The van der Waals surface area contributed by atoms with E-state index in [9.17, 15) is 4.79 Å². The second-order valence-corrected chi connectivity index (χ2v) is 8.00. The smallest absolute Gasteiger partial charge is 0.269 e. The molecule has 0 aliphatic carbocycles. The van der Waals surface area contributed by atoms with Crippen LogP contribution in [0.4, 0.5) is 5.69 Å². The maximum atomic E-state index is 12.8. The Labute approximate surface area is 175 Å². The van der Waals surface area contributed by atoms with Crippen molar-refractivity contribution in [2.24, 2.45) is 0 Å². The summed E-state index contributed by atoms with van der Waals surface area (Å²) in [5.41, 5.74) is 1.99. The Morgan fingerprint density at radius 1 is 1.24 bits per heavy atom. The Bertz CT molecular complexity index is 898. The summed E-state index contributed by atoms with van der Waals surface area (Å²) in [7, 11) is 1.62. The number of nitrogens with zero attached hydrogens (tertiary/aromatic N) is 4. The summed E-state index contributed by atoms with van der Waals surface area (Å²) >= 11 is 6.26. The number of aromatic nitrogens is 2. The van der Waals surface area contributed by atoms with Crippen molar-refractivity contribution in [1.82, 2.24) is 14.7 Å². The van der Waals surface area contributed by atoms with Crippen LogP contribution in [0.5, 0.6) is 5.75 Å². The number of benzene rings is 1. The minimum absolute atomic E-state index is 0.0340. The van der Waals surface area contributed by atoms with Gasteiger partial charge < -0.3 is 14.4 Å². The van der Waals surface area contributed by atoms with Crippen molar-refractivity contribution < 1.29 is 9.47 Å². The van der Waals surface area contributed by atoms with Gasteiger partial charge in [-0.1, -0.05) is 17.7 Å². The molecule has 7 nitrogen and oxygen atoms in total. The number of anilines is 1. The molecule has 1 aromatic heterocycles. The van der Waals surface area contributed by atoms with Gasteiger partial charge in [0, 0.05) is 32.2 Å². The molecule has 1 aromatic carbocycles. The zero-order valence-electron chi connectivity index (χ0n) is 16.7. The predicted octanol–water partition coefficient (Wildman–Crippen LogP) is 2.58. The largest absolute Gasteiger partial charge is 0.495 e. The molecule has 2 aliphatic rings. The number of rotatable bonds is 5. The number of ether oxygens (including phenoxy) is 2. The average molecular weight is 419 g/mol. The number of hydrogen-bond acceptors (Lipinski definition) is 6. The lowest BCUT2D eigenvalue weighted by atomic mass is 10.0. The average Bonchev–Trinajstić information content (AvgIpc) is 2.75. The zero-order chi connectivity index (χ0) is 20.2. The van der Waals surface area contributed by atoms with Gasteiger partial charge in [-0.15, -0.1) is 0 Å². The highest BCUT2D eigenvalue weighted by atomic mass is 35.5. The number of likely N-dealkylation sites (tertiary alicyclic amines) is 1. The Hall–Kier alpha value is -2.09. The minimum Gasteiger partial charge on any atom is -0.495 e. The van der Waals surface area contributed by atoms with Gasteiger partial charge in [-0.05, 0) is 37.1 Å². The van der Waals surface area contributed by atoms with Crippen molar-refractivity contribution >= 4 is 17.3 Å². The molecule has 0 radical (unpaired) electrons. The Kier molecular flexibility index (Phi) is 6.37. The molecule has 2 aromatic rings. The molecule has 4 rings (SSSR count). The van der Waals surface area contributed by atoms with E-state index in [1.807, 2.05) is 24.4 Å². The second-order valence-electron chi connectivity index (χ2n) is 7.60. The molecule has 8 heteroatoms. The molecular formula is C21H27ClN4O3. The van der Waals surface area contributed by atoms with Crippen molar-refractivity contribution in [2.45, 2.75) is 25.4 Å². The number of methoxy groups -OCH3 is 1. The molecule has 0 bridgehead atoms. The molecule has 156 valence electrons. The van der Waals surface area contributed by atoms with Crippen LogP contribution in [-0.4, -0.2) is 61.2 Å². The third-order valence-electron chi connectivity index (χ3n) is 5.64. The molecule has 0 N–H and O–H groups in total. The van der Waals surface area contributed by atoms with Crippen LogP contribution in [0, 0.1) is 0 Å². The van der Waals surface area contributed by atoms with Crippen molar-refractivity contribution in [3.8, 4) is 5.75 Å². The van der Waals surface area contributed by atoms with Gasteiger partial charge in [-0.25, -0.2) is 4.68 Å². The van der Waals surface area contributed by atoms with Gasteiger partial charge in [0.25, 0.3) is 5.56 Å². The maximum absolute atomic E-state index is 12.8. The summed E-state index contributed by atoms with van der Waals surface area (Å²) in [6.45, 7) is 5.57. The SMILES string of the molecule is COc1ccc(CN2CCCC(n3ncc(N4CCOCC4)cc3=O)C2)cc1Cl. The van der Waals surface area contributed by atoms with E-state index >= 15 is 0 Å². The first-order valence-corrected chi connectivity index (χ1v) is 10.5. The highest BCUT2D eigenvalue weighted by Crippen LogP contribution is 2.27. The van der Waals surface area contributed by atoms with Gasteiger partial charge in [0.05, 0.1) is 43.3 Å². The second kappa shape index (κ2) is 9.15. The Morgan fingerprint density at radius 3 is 2.79 bits per heavy atom. The fraction of sp³-hybridized carbons (Fsp3) is 0.524. The standard InChI is InChI=1S/C21H27ClN4O3/c1-28-20-5-4-16(11-19(20)22)14-24-6-2-3-17(15-24)26-21(27)12-18(13-23-26)25-7-9-29-10-8-25/h4-5,11-13,17H,2-3,6-10,14-15H2,1H3. The van der Waals surface area contributed by atoms with E-state index in [-0.39, 0.29) is 11.6 Å². The lowest BCUT2D eigenvalue weighted by Gasteiger charge is -2.33. The number of hydrogen-bond donors (Lipinski definition) is 0. The molecular weight excluding hydrogens is 392 g/mol. The molecule has 1 unspecified atom stereocenters. The van der Waals surface area contributed by atoms with E-state index in [1.54, 1.807) is 17.9 Å². The van der Waals surface area contributed by atoms with Gasteiger partial charge in [-0.3, -0.25) is 9.69 Å². The minimum atomic E-state index is -0.0340. The van der Waals surface area contributed by atoms with E-state index in [2.05, 4.69) is 14.9 Å². The highest BCUT2D eigenvalue weighted by molar-refractivity contribution is 6.32.